The molecule has 0 aliphatic heterocycles. The number of aromatic nitrogens is 1. The Morgan fingerprint density at radius 2 is 1.85 bits per heavy atom. The summed E-state index contributed by atoms with van der Waals surface area (Å²) in [5, 5.41) is 0. The van der Waals surface area contributed by atoms with Crippen molar-refractivity contribution in [1.29, 1.82) is 0 Å². The zero-order valence-electron chi connectivity index (χ0n) is 15.1. The van der Waals surface area contributed by atoms with E-state index in [9.17, 15) is 9.59 Å². The Morgan fingerprint density at radius 3 is 2.56 bits per heavy atom. The summed E-state index contributed by atoms with van der Waals surface area (Å²) in [6, 6.07) is 12.4. The van der Waals surface area contributed by atoms with Gasteiger partial charge in [0.05, 0.1) is 37.1 Å². The molecule has 3 rings (SSSR count). The molecule has 0 bridgehead atoms. The van der Waals surface area contributed by atoms with Gasteiger partial charge in [0.25, 0.3) is 5.91 Å². The molecular weight excluding hydrogens is 368 g/mol. The number of para-hydroxylation sites is 1. The van der Waals surface area contributed by atoms with Gasteiger partial charge in [0.1, 0.15) is 18.0 Å². The Bertz CT molecular complexity index is 1070. The van der Waals surface area contributed by atoms with Crippen LogP contribution in [0.2, 0.25) is 0 Å². The summed E-state index contributed by atoms with van der Waals surface area (Å²) < 4.78 is 17.8. The summed E-state index contributed by atoms with van der Waals surface area (Å²) in [5.74, 6) is 0.0453. The lowest BCUT2D eigenvalue weighted by atomic mass is 10.2. The highest BCUT2D eigenvalue weighted by atomic mass is 32.1. The second-order valence-electron chi connectivity index (χ2n) is 5.50. The molecule has 0 aliphatic carbocycles. The van der Waals surface area contributed by atoms with Gasteiger partial charge >= 0.3 is 5.97 Å². The van der Waals surface area contributed by atoms with Crippen LogP contribution in [0.15, 0.2) is 47.5 Å². The molecule has 140 valence electrons. The van der Waals surface area contributed by atoms with Gasteiger partial charge in [0, 0.05) is 6.07 Å². The molecule has 27 heavy (non-hydrogen) atoms. The van der Waals surface area contributed by atoms with Gasteiger partial charge in [-0.1, -0.05) is 23.5 Å². The normalized spacial score (nSPS) is 11.4. The van der Waals surface area contributed by atoms with Crippen LogP contribution in [0, 0.1) is 0 Å². The molecule has 0 spiro atoms. The molecule has 1 amide bonds. The van der Waals surface area contributed by atoms with Crippen molar-refractivity contribution < 1.29 is 23.8 Å². The Morgan fingerprint density at radius 1 is 1.07 bits per heavy atom. The van der Waals surface area contributed by atoms with Crippen molar-refractivity contribution in [3.8, 4) is 11.5 Å². The van der Waals surface area contributed by atoms with Crippen molar-refractivity contribution in [2.45, 2.75) is 6.54 Å². The Hall–Kier alpha value is -3.13. The number of hydrogen-bond donors (Lipinski definition) is 0. The largest absolute Gasteiger partial charge is 0.497 e. The third kappa shape index (κ3) is 3.85. The molecule has 0 unspecified atom stereocenters. The maximum Gasteiger partial charge on any atom is 0.325 e. The van der Waals surface area contributed by atoms with Crippen LogP contribution < -0.4 is 14.3 Å². The van der Waals surface area contributed by atoms with Crippen molar-refractivity contribution in [2.75, 3.05) is 21.3 Å². The van der Waals surface area contributed by atoms with E-state index in [-0.39, 0.29) is 6.54 Å². The van der Waals surface area contributed by atoms with E-state index >= 15 is 0 Å². The Balaban J connectivity index is 2.11. The number of fused-ring (bicyclic) bond motifs is 1. The van der Waals surface area contributed by atoms with Gasteiger partial charge in [-0.25, -0.2) is 0 Å². The minimum Gasteiger partial charge on any atom is -0.497 e. The number of carbonyl (C=O) groups is 2. The summed E-state index contributed by atoms with van der Waals surface area (Å²) >= 11 is 1.32. The van der Waals surface area contributed by atoms with Crippen molar-refractivity contribution >= 4 is 33.4 Å². The van der Waals surface area contributed by atoms with Gasteiger partial charge in [-0.05, 0) is 24.3 Å². The molecule has 7 nitrogen and oxygen atoms in total. The van der Waals surface area contributed by atoms with Gasteiger partial charge in [0.2, 0.25) is 0 Å². The minimum absolute atomic E-state index is 0.0353. The zero-order valence-corrected chi connectivity index (χ0v) is 15.9. The van der Waals surface area contributed by atoms with E-state index < -0.39 is 11.9 Å². The molecule has 0 radical (unpaired) electrons. The Kier molecular flexibility index (Phi) is 5.56. The third-order valence-corrected chi connectivity index (χ3v) is 5.00. The number of benzene rings is 2. The van der Waals surface area contributed by atoms with E-state index in [4.69, 9.17) is 14.2 Å². The molecule has 0 aliphatic rings. The van der Waals surface area contributed by atoms with Crippen molar-refractivity contribution in [3.05, 3.63) is 52.8 Å². The first-order valence-electron chi connectivity index (χ1n) is 8.03. The van der Waals surface area contributed by atoms with Crippen molar-refractivity contribution in [2.24, 2.45) is 4.99 Å². The van der Waals surface area contributed by atoms with E-state index in [0.717, 1.165) is 10.2 Å². The molecular formula is C19H18N2O5S. The van der Waals surface area contributed by atoms with Crippen LogP contribution in [0.3, 0.4) is 0 Å². The van der Waals surface area contributed by atoms with E-state index in [2.05, 4.69) is 4.99 Å². The highest BCUT2D eigenvalue weighted by Gasteiger charge is 2.15. The zero-order chi connectivity index (χ0) is 19.4. The van der Waals surface area contributed by atoms with Crippen molar-refractivity contribution in [1.82, 2.24) is 4.57 Å². The molecule has 8 heteroatoms. The fraction of sp³-hybridized carbons (Fsp3) is 0.211. The summed E-state index contributed by atoms with van der Waals surface area (Å²) in [5.41, 5.74) is 1.11. The maximum absolute atomic E-state index is 12.8. The molecule has 0 N–H and O–H groups in total. The number of methoxy groups -OCH3 is 3. The summed E-state index contributed by atoms with van der Waals surface area (Å²) in [4.78, 5) is 29.2. The summed E-state index contributed by atoms with van der Waals surface area (Å²) in [7, 11) is 4.33. The average Bonchev–Trinajstić information content (AvgIpc) is 3.04. The topological polar surface area (TPSA) is 79.1 Å². The highest BCUT2D eigenvalue weighted by Crippen LogP contribution is 2.25. The molecule has 0 fully saturated rings. The van der Waals surface area contributed by atoms with Crippen LogP contribution >= 0.6 is 11.3 Å². The quantitative estimate of drug-likeness (QED) is 0.630. The number of esters is 1. The number of rotatable bonds is 5. The number of ether oxygens (including phenoxy) is 3. The first-order chi connectivity index (χ1) is 13.1. The standard InChI is InChI=1S/C19H18N2O5S/c1-24-12-8-9-13(15(10-12)25-2)18(23)20-19-21(11-17(22)26-3)14-6-4-5-7-16(14)27-19/h4-10H,11H2,1-3H3. The van der Waals surface area contributed by atoms with Crippen LogP contribution in [0.4, 0.5) is 0 Å². The van der Waals surface area contributed by atoms with E-state index in [1.54, 1.807) is 22.8 Å². The molecule has 2 aromatic carbocycles. The van der Waals surface area contributed by atoms with Crippen LogP contribution in [0.1, 0.15) is 10.4 Å². The van der Waals surface area contributed by atoms with Crippen LogP contribution in [-0.2, 0) is 16.1 Å². The smallest absolute Gasteiger partial charge is 0.325 e. The predicted molar refractivity (Wildman–Crippen MR) is 101 cm³/mol. The van der Waals surface area contributed by atoms with Crippen LogP contribution in [0.5, 0.6) is 11.5 Å². The van der Waals surface area contributed by atoms with Crippen molar-refractivity contribution in [3.63, 3.8) is 0 Å². The molecule has 0 saturated carbocycles. The second-order valence-corrected chi connectivity index (χ2v) is 6.51. The van der Waals surface area contributed by atoms with Gasteiger partial charge in [-0.3, -0.25) is 9.59 Å². The molecule has 3 aromatic rings. The second kappa shape index (κ2) is 8.05. The number of nitrogens with zero attached hydrogens (tertiary/aromatic N) is 2. The fourth-order valence-electron chi connectivity index (χ4n) is 2.57. The third-order valence-electron chi connectivity index (χ3n) is 3.94. The van der Waals surface area contributed by atoms with Gasteiger partial charge in [-0.15, -0.1) is 0 Å². The van der Waals surface area contributed by atoms with Gasteiger partial charge in [-0.2, -0.15) is 4.99 Å². The maximum atomic E-state index is 12.8. The number of thiazole rings is 1. The molecule has 0 atom stereocenters. The lowest BCUT2D eigenvalue weighted by Crippen LogP contribution is -2.22. The lowest BCUT2D eigenvalue weighted by molar-refractivity contribution is -0.141. The van der Waals surface area contributed by atoms with E-state index in [1.165, 1.54) is 32.7 Å². The first kappa shape index (κ1) is 18.7. The summed E-state index contributed by atoms with van der Waals surface area (Å²) in [6.45, 7) is -0.0353. The van der Waals surface area contributed by atoms with E-state index in [0.29, 0.717) is 21.9 Å². The van der Waals surface area contributed by atoms with Crippen LogP contribution in [-0.4, -0.2) is 37.8 Å². The first-order valence-corrected chi connectivity index (χ1v) is 8.85. The summed E-state index contributed by atoms with van der Waals surface area (Å²) in [6.07, 6.45) is 0. The monoisotopic (exact) mass is 386 g/mol. The molecule has 0 saturated heterocycles. The van der Waals surface area contributed by atoms with E-state index in [1.807, 2.05) is 24.3 Å². The molecule has 1 heterocycles. The molecule has 1 aromatic heterocycles. The number of hydrogen-bond acceptors (Lipinski definition) is 6. The predicted octanol–water partition coefficient (Wildman–Crippen LogP) is 2.63. The number of carbonyl (C=O) groups excluding carboxylic acids is 2. The Labute approximate surface area is 159 Å². The van der Waals surface area contributed by atoms with Gasteiger partial charge in [0.15, 0.2) is 4.80 Å². The fourth-order valence-corrected chi connectivity index (χ4v) is 3.60. The van der Waals surface area contributed by atoms with Gasteiger partial charge < -0.3 is 18.8 Å². The number of amides is 1. The average molecular weight is 386 g/mol. The highest BCUT2D eigenvalue weighted by molar-refractivity contribution is 7.16. The minimum atomic E-state index is -0.473. The lowest BCUT2D eigenvalue weighted by Gasteiger charge is -2.07. The SMILES string of the molecule is COC(=O)Cn1c(=NC(=O)c2ccc(OC)cc2OC)sc2ccccc21. The van der Waals surface area contributed by atoms with Crippen LogP contribution in [0.25, 0.3) is 10.2 Å².